The minimum absolute atomic E-state index is 0.0758. The van der Waals surface area contributed by atoms with Gasteiger partial charge >= 0.3 is 0 Å². The number of hydrogen-bond donors (Lipinski definition) is 2. The molecule has 2 N–H and O–H groups in total. The molecule has 0 amide bonds. The van der Waals surface area contributed by atoms with Crippen LogP contribution >= 0.6 is 0 Å². The van der Waals surface area contributed by atoms with Crippen molar-refractivity contribution in [1.29, 1.82) is 0 Å². The summed E-state index contributed by atoms with van der Waals surface area (Å²) in [5.74, 6) is 0. The molecule has 3 nitrogen and oxygen atoms in total. The first-order valence-corrected chi connectivity index (χ1v) is 5.44. The van der Waals surface area contributed by atoms with Crippen LogP contribution < -0.4 is 5.32 Å². The van der Waals surface area contributed by atoms with E-state index in [9.17, 15) is 5.11 Å². The average Bonchev–Trinajstić information content (AvgIpc) is 1.97. The Morgan fingerprint density at radius 3 is 2.43 bits per heavy atom. The van der Waals surface area contributed by atoms with Crippen LogP contribution in [0, 0.1) is 0 Å². The number of rotatable bonds is 4. The molecular weight excluding hydrogens is 178 g/mol. The maximum absolute atomic E-state index is 10.0. The monoisotopic (exact) mass is 201 g/mol. The summed E-state index contributed by atoms with van der Waals surface area (Å²) in [4.78, 5) is 0. The Balaban J connectivity index is 2.21. The highest BCUT2D eigenvalue weighted by atomic mass is 16.5. The predicted molar refractivity (Wildman–Crippen MR) is 57.4 cm³/mol. The summed E-state index contributed by atoms with van der Waals surface area (Å²) in [6, 6.07) is 0. The third kappa shape index (κ3) is 3.56. The Bertz CT molecular complexity index is 180. The molecule has 1 saturated carbocycles. The van der Waals surface area contributed by atoms with Gasteiger partial charge in [0.1, 0.15) is 0 Å². The van der Waals surface area contributed by atoms with Gasteiger partial charge in [0.25, 0.3) is 0 Å². The van der Waals surface area contributed by atoms with Crippen molar-refractivity contribution in [1.82, 2.24) is 5.32 Å². The molecule has 14 heavy (non-hydrogen) atoms. The number of aliphatic hydroxyl groups is 1. The molecule has 0 radical (unpaired) electrons. The minimum Gasteiger partial charge on any atom is -0.388 e. The van der Waals surface area contributed by atoms with Gasteiger partial charge in [0.2, 0.25) is 0 Å². The van der Waals surface area contributed by atoms with Crippen LogP contribution in [0.25, 0.3) is 0 Å². The quantitative estimate of drug-likeness (QED) is 0.720. The second kappa shape index (κ2) is 4.17. The number of hydrogen-bond acceptors (Lipinski definition) is 3. The smallest absolute Gasteiger partial charge is 0.0821 e. The molecule has 0 aromatic heterocycles. The van der Waals surface area contributed by atoms with Crippen LogP contribution in [-0.4, -0.2) is 35.5 Å². The minimum atomic E-state index is -0.535. The van der Waals surface area contributed by atoms with Crippen molar-refractivity contribution in [3.63, 3.8) is 0 Å². The molecule has 1 fully saturated rings. The van der Waals surface area contributed by atoms with E-state index in [1.165, 1.54) is 0 Å². The van der Waals surface area contributed by atoms with Gasteiger partial charge in [0.15, 0.2) is 0 Å². The van der Waals surface area contributed by atoms with Gasteiger partial charge in [-0.05, 0) is 27.7 Å². The number of ether oxygens (including phenoxy) is 1. The number of nitrogens with one attached hydrogen (secondary N) is 1. The maximum atomic E-state index is 10.0. The lowest BCUT2D eigenvalue weighted by atomic mass is 9.77. The lowest BCUT2D eigenvalue weighted by Crippen LogP contribution is -2.57. The van der Waals surface area contributed by atoms with Gasteiger partial charge in [0.05, 0.1) is 11.7 Å². The largest absolute Gasteiger partial charge is 0.388 e. The van der Waals surface area contributed by atoms with E-state index in [-0.39, 0.29) is 11.6 Å². The third-order valence-corrected chi connectivity index (χ3v) is 2.57. The third-order valence-electron chi connectivity index (χ3n) is 2.57. The van der Waals surface area contributed by atoms with Gasteiger partial charge < -0.3 is 15.2 Å². The fourth-order valence-electron chi connectivity index (χ4n) is 1.72. The van der Waals surface area contributed by atoms with Crippen LogP contribution in [0.3, 0.4) is 0 Å². The molecule has 0 heterocycles. The van der Waals surface area contributed by atoms with Crippen molar-refractivity contribution in [3.8, 4) is 0 Å². The molecule has 0 unspecified atom stereocenters. The Labute approximate surface area is 86.8 Å². The lowest BCUT2D eigenvalue weighted by Gasteiger charge is -2.44. The van der Waals surface area contributed by atoms with Gasteiger partial charge in [-0.2, -0.15) is 0 Å². The summed E-state index contributed by atoms with van der Waals surface area (Å²) in [5, 5.41) is 13.3. The highest BCUT2D eigenvalue weighted by Gasteiger charge is 2.43. The van der Waals surface area contributed by atoms with Crippen LogP contribution in [0.4, 0.5) is 0 Å². The Morgan fingerprint density at radius 1 is 1.43 bits per heavy atom. The van der Waals surface area contributed by atoms with Gasteiger partial charge in [-0.1, -0.05) is 0 Å². The first-order chi connectivity index (χ1) is 6.35. The fraction of sp³-hybridized carbons (Fsp3) is 1.00. The van der Waals surface area contributed by atoms with Crippen molar-refractivity contribution in [2.24, 2.45) is 0 Å². The van der Waals surface area contributed by atoms with Crippen molar-refractivity contribution in [3.05, 3.63) is 0 Å². The highest BCUT2D eigenvalue weighted by molar-refractivity contribution is 4.97. The summed E-state index contributed by atoms with van der Waals surface area (Å²) in [6.45, 7) is 9.72. The summed E-state index contributed by atoms with van der Waals surface area (Å²) in [6.07, 6.45) is 1.81. The summed E-state index contributed by atoms with van der Waals surface area (Å²) < 4.78 is 5.42. The number of β-amino-alcohol motifs (C(OH)–C–C–N with tert-alkyl or cyclic N) is 1. The van der Waals surface area contributed by atoms with Crippen molar-refractivity contribution >= 4 is 0 Å². The first kappa shape index (κ1) is 12.0. The van der Waals surface area contributed by atoms with E-state index in [0.29, 0.717) is 6.54 Å². The van der Waals surface area contributed by atoms with Gasteiger partial charge in [-0.25, -0.2) is 0 Å². The molecule has 3 heteroatoms. The van der Waals surface area contributed by atoms with Gasteiger partial charge in [0, 0.05) is 31.5 Å². The van der Waals surface area contributed by atoms with Crippen molar-refractivity contribution < 1.29 is 9.84 Å². The standard InChI is InChI=1S/C11H23NO2/c1-5-14-9-6-11(13,7-9)8-12-10(2,3)4/h9,12-13H,5-8H2,1-4H3. The van der Waals surface area contributed by atoms with E-state index in [2.05, 4.69) is 26.1 Å². The van der Waals surface area contributed by atoms with E-state index in [0.717, 1.165) is 19.4 Å². The van der Waals surface area contributed by atoms with Crippen LogP contribution in [0.2, 0.25) is 0 Å². The first-order valence-electron chi connectivity index (χ1n) is 5.44. The van der Waals surface area contributed by atoms with Gasteiger partial charge in [-0.15, -0.1) is 0 Å². The van der Waals surface area contributed by atoms with Crippen LogP contribution in [0.1, 0.15) is 40.5 Å². The fourth-order valence-corrected chi connectivity index (χ4v) is 1.72. The molecule has 0 atom stereocenters. The predicted octanol–water partition coefficient (Wildman–Crippen LogP) is 1.30. The van der Waals surface area contributed by atoms with Crippen LogP contribution in [0.15, 0.2) is 0 Å². The molecule has 0 saturated heterocycles. The van der Waals surface area contributed by atoms with Crippen LogP contribution in [0.5, 0.6) is 0 Å². The Morgan fingerprint density at radius 2 is 2.00 bits per heavy atom. The zero-order valence-corrected chi connectivity index (χ0v) is 9.76. The van der Waals surface area contributed by atoms with E-state index >= 15 is 0 Å². The zero-order chi connectivity index (χ0) is 10.8. The normalized spacial score (nSPS) is 32.8. The molecule has 1 aliphatic carbocycles. The van der Waals surface area contributed by atoms with E-state index in [4.69, 9.17) is 4.74 Å². The van der Waals surface area contributed by atoms with Crippen molar-refractivity contribution in [2.75, 3.05) is 13.2 Å². The summed E-state index contributed by atoms with van der Waals surface area (Å²) >= 11 is 0. The molecular formula is C11H23NO2. The second-order valence-electron chi connectivity index (χ2n) is 5.31. The Hall–Kier alpha value is -0.120. The highest BCUT2D eigenvalue weighted by Crippen LogP contribution is 2.34. The molecule has 0 spiro atoms. The molecule has 0 aromatic rings. The SMILES string of the molecule is CCOC1CC(O)(CNC(C)(C)C)C1. The van der Waals surface area contributed by atoms with Crippen LogP contribution in [-0.2, 0) is 4.74 Å². The molecule has 0 bridgehead atoms. The summed E-state index contributed by atoms with van der Waals surface area (Å²) in [5.41, 5.74) is -0.459. The molecule has 1 aliphatic rings. The molecule has 0 aliphatic heterocycles. The maximum Gasteiger partial charge on any atom is 0.0821 e. The molecule has 1 rings (SSSR count). The lowest BCUT2D eigenvalue weighted by molar-refractivity contribution is -0.136. The molecule has 0 aromatic carbocycles. The summed E-state index contributed by atoms with van der Waals surface area (Å²) in [7, 11) is 0. The van der Waals surface area contributed by atoms with E-state index < -0.39 is 5.60 Å². The topological polar surface area (TPSA) is 41.5 Å². The van der Waals surface area contributed by atoms with Gasteiger partial charge in [-0.3, -0.25) is 0 Å². The second-order valence-corrected chi connectivity index (χ2v) is 5.31. The molecule has 84 valence electrons. The van der Waals surface area contributed by atoms with Crippen molar-refractivity contribution in [2.45, 2.75) is 57.8 Å². The van der Waals surface area contributed by atoms with E-state index in [1.807, 2.05) is 6.92 Å². The average molecular weight is 201 g/mol. The van der Waals surface area contributed by atoms with E-state index in [1.54, 1.807) is 0 Å². The Kier molecular flexibility index (Phi) is 3.56. The zero-order valence-electron chi connectivity index (χ0n) is 9.76.